The Hall–Kier alpha value is -1.98. The monoisotopic (exact) mass is 347 g/mol. The zero-order chi connectivity index (χ0) is 16.2. The quantitative estimate of drug-likeness (QED) is 0.848. The Kier molecular flexibility index (Phi) is 4.88. The highest BCUT2D eigenvalue weighted by Gasteiger charge is 2.16. The third-order valence-corrected chi connectivity index (χ3v) is 4.69. The zero-order valence-electron chi connectivity index (χ0n) is 12.2. The summed E-state index contributed by atoms with van der Waals surface area (Å²) in [5.41, 5.74) is 1.94. The molecule has 0 saturated carbocycles. The Morgan fingerprint density at radius 2 is 2.00 bits per heavy atom. The van der Waals surface area contributed by atoms with Crippen LogP contribution in [0.5, 0.6) is 0 Å². The minimum Gasteiger partial charge on any atom is -0.457 e. The number of hydrogen-bond donors (Lipinski definition) is 1. The van der Waals surface area contributed by atoms with Gasteiger partial charge in [-0.25, -0.2) is 4.79 Å². The van der Waals surface area contributed by atoms with Gasteiger partial charge in [-0.05, 0) is 35.9 Å². The number of halogens is 1. The van der Waals surface area contributed by atoms with Crippen LogP contribution in [-0.4, -0.2) is 17.6 Å². The van der Waals surface area contributed by atoms with E-state index in [4.69, 9.17) is 16.3 Å². The lowest BCUT2D eigenvalue weighted by atomic mass is 10.2. The summed E-state index contributed by atoms with van der Waals surface area (Å²) >= 11 is 7.42. The first kappa shape index (κ1) is 15.9. The van der Waals surface area contributed by atoms with Gasteiger partial charge in [-0.3, -0.25) is 4.79 Å². The number of nitrogens with one attached hydrogen (secondary N) is 1. The lowest BCUT2D eigenvalue weighted by Gasteiger charge is -2.09. The number of fused-ring (bicyclic) bond motifs is 1. The summed E-state index contributed by atoms with van der Waals surface area (Å²) in [7, 11) is 0. The van der Waals surface area contributed by atoms with Crippen LogP contribution in [0, 0.1) is 0 Å². The Bertz CT molecular complexity index is 746. The molecule has 2 aromatic carbocycles. The maximum absolute atomic E-state index is 12.2. The molecule has 0 saturated heterocycles. The van der Waals surface area contributed by atoms with Crippen molar-refractivity contribution in [3.63, 3.8) is 0 Å². The van der Waals surface area contributed by atoms with Crippen LogP contribution in [0.1, 0.15) is 22.3 Å². The van der Waals surface area contributed by atoms with Crippen LogP contribution in [0.25, 0.3) is 0 Å². The van der Waals surface area contributed by atoms with Gasteiger partial charge in [-0.15, -0.1) is 11.8 Å². The zero-order valence-corrected chi connectivity index (χ0v) is 13.7. The van der Waals surface area contributed by atoms with E-state index >= 15 is 0 Å². The fourth-order valence-electron chi connectivity index (χ4n) is 2.16. The number of anilines is 1. The molecule has 0 aromatic heterocycles. The number of amides is 1. The molecule has 0 bridgehead atoms. The molecule has 0 fully saturated rings. The molecule has 1 aliphatic rings. The van der Waals surface area contributed by atoms with Crippen LogP contribution in [0.15, 0.2) is 47.4 Å². The van der Waals surface area contributed by atoms with Crippen molar-refractivity contribution >= 4 is 40.9 Å². The van der Waals surface area contributed by atoms with Crippen LogP contribution in [0.2, 0.25) is 5.02 Å². The van der Waals surface area contributed by atoms with Crippen LogP contribution in [-0.2, 0) is 16.1 Å². The molecule has 0 atom stereocenters. The van der Waals surface area contributed by atoms with Crippen LogP contribution in [0.4, 0.5) is 5.69 Å². The predicted octanol–water partition coefficient (Wildman–Crippen LogP) is 4.13. The maximum Gasteiger partial charge on any atom is 0.338 e. The van der Waals surface area contributed by atoms with Crippen LogP contribution < -0.4 is 5.32 Å². The number of ether oxygens (including phenoxy) is 1. The van der Waals surface area contributed by atoms with Gasteiger partial charge in [-0.2, -0.15) is 0 Å². The van der Waals surface area contributed by atoms with Crippen molar-refractivity contribution in [2.24, 2.45) is 0 Å². The summed E-state index contributed by atoms with van der Waals surface area (Å²) in [4.78, 5) is 24.7. The van der Waals surface area contributed by atoms with Crippen molar-refractivity contribution in [3.05, 3.63) is 58.6 Å². The van der Waals surface area contributed by atoms with E-state index in [0.717, 1.165) is 16.2 Å². The van der Waals surface area contributed by atoms with Crippen molar-refractivity contribution < 1.29 is 14.3 Å². The molecule has 1 amide bonds. The molecule has 1 heterocycles. The molecule has 1 N–H and O–H groups in total. The van der Waals surface area contributed by atoms with Gasteiger partial charge in [-0.1, -0.05) is 23.7 Å². The van der Waals surface area contributed by atoms with Crippen LogP contribution in [0.3, 0.4) is 0 Å². The number of carbonyl (C=O) groups excluding carboxylic acids is 2. The Labute approximate surface area is 143 Å². The van der Waals surface area contributed by atoms with Gasteiger partial charge in [0.15, 0.2) is 0 Å². The molecule has 0 unspecified atom stereocenters. The third-order valence-electron chi connectivity index (χ3n) is 3.36. The third kappa shape index (κ3) is 4.06. The van der Waals surface area contributed by atoms with Gasteiger partial charge in [0.1, 0.15) is 6.61 Å². The summed E-state index contributed by atoms with van der Waals surface area (Å²) in [6.45, 7) is 0.175. The number of thioether (sulfide) groups is 1. The van der Waals surface area contributed by atoms with Crippen molar-refractivity contribution in [1.82, 2.24) is 0 Å². The minimum absolute atomic E-state index is 0.0390. The highest BCUT2D eigenvalue weighted by atomic mass is 35.5. The van der Waals surface area contributed by atoms with E-state index in [0.29, 0.717) is 22.7 Å². The molecule has 0 radical (unpaired) electrons. The van der Waals surface area contributed by atoms with Gasteiger partial charge in [0.05, 0.1) is 11.3 Å². The summed E-state index contributed by atoms with van der Waals surface area (Å²) < 4.78 is 5.30. The first-order chi connectivity index (χ1) is 11.1. The van der Waals surface area contributed by atoms with E-state index < -0.39 is 5.97 Å². The fraction of sp³-hybridized carbons (Fsp3) is 0.176. The molecule has 0 aliphatic carbocycles. The average molecular weight is 348 g/mol. The molecule has 3 rings (SSSR count). The van der Waals surface area contributed by atoms with E-state index in [1.54, 1.807) is 36.0 Å². The predicted molar refractivity (Wildman–Crippen MR) is 91.0 cm³/mol. The molecule has 4 nitrogen and oxygen atoms in total. The van der Waals surface area contributed by atoms with E-state index in [-0.39, 0.29) is 12.5 Å². The summed E-state index contributed by atoms with van der Waals surface area (Å²) in [6.07, 6.45) is 0.468. The Morgan fingerprint density at radius 1 is 1.22 bits per heavy atom. The highest BCUT2D eigenvalue weighted by molar-refractivity contribution is 7.99. The largest absolute Gasteiger partial charge is 0.457 e. The van der Waals surface area contributed by atoms with Gasteiger partial charge >= 0.3 is 5.97 Å². The topological polar surface area (TPSA) is 55.4 Å². The van der Waals surface area contributed by atoms with E-state index in [1.165, 1.54) is 0 Å². The van der Waals surface area contributed by atoms with Gasteiger partial charge in [0.25, 0.3) is 0 Å². The van der Waals surface area contributed by atoms with Crippen LogP contribution >= 0.6 is 23.4 Å². The highest BCUT2D eigenvalue weighted by Crippen LogP contribution is 2.31. The molecular formula is C17H14ClNO3S. The molecule has 2 aromatic rings. The van der Waals surface area contributed by atoms with Crippen molar-refractivity contribution in [3.8, 4) is 0 Å². The van der Waals surface area contributed by atoms with E-state index in [2.05, 4.69) is 5.32 Å². The SMILES string of the molecule is O=C1CCSc2ccc(C(=O)OCc3ccc(Cl)cc3)cc2N1. The number of esters is 1. The lowest BCUT2D eigenvalue weighted by Crippen LogP contribution is -2.11. The maximum atomic E-state index is 12.2. The summed E-state index contributed by atoms with van der Waals surface area (Å²) in [5, 5.41) is 3.45. The van der Waals surface area contributed by atoms with Gasteiger partial charge in [0, 0.05) is 22.1 Å². The minimum atomic E-state index is -0.425. The smallest absolute Gasteiger partial charge is 0.338 e. The molecular weight excluding hydrogens is 334 g/mol. The Balaban J connectivity index is 1.70. The number of hydrogen-bond acceptors (Lipinski definition) is 4. The molecule has 0 spiro atoms. The summed E-state index contributed by atoms with van der Waals surface area (Å²) in [5.74, 6) is 0.272. The molecule has 118 valence electrons. The molecule has 6 heteroatoms. The second-order valence-electron chi connectivity index (χ2n) is 5.06. The standard InChI is InChI=1S/C17H14ClNO3S/c18-13-4-1-11(2-5-13)10-22-17(21)12-3-6-15-14(9-12)19-16(20)7-8-23-15/h1-6,9H,7-8,10H2,(H,19,20). The number of rotatable bonds is 3. The second kappa shape index (κ2) is 7.06. The number of benzene rings is 2. The lowest BCUT2D eigenvalue weighted by molar-refractivity contribution is -0.115. The normalized spacial score (nSPS) is 13.7. The summed E-state index contributed by atoms with van der Waals surface area (Å²) in [6, 6.07) is 12.3. The van der Waals surface area contributed by atoms with E-state index in [1.807, 2.05) is 18.2 Å². The average Bonchev–Trinajstić information content (AvgIpc) is 2.73. The fourth-order valence-corrected chi connectivity index (χ4v) is 3.22. The number of carbonyl (C=O) groups is 2. The molecule has 1 aliphatic heterocycles. The molecule has 23 heavy (non-hydrogen) atoms. The van der Waals surface area contributed by atoms with Gasteiger partial charge < -0.3 is 10.1 Å². The van der Waals surface area contributed by atoms with Crippen molar-refractivity contribution in [2.75, 3.05) is 11.1 Å². The van der Waals surface area contributed by atoms with Crippen molar-refractivity contribution in [2.45, 2.75) is 17.9 Å². The van der Waals surface area contributed by atoms with Crippen molar-refractivity contribution in [1.29, 1.82) is 0 Å². The first-order valence-electron chi connectivity index (χ1n) is 7.10. The van der Waals surface area contributed by atoms with Gasteiger partial charge in [0.2, 0.25) is 5.91 Å². The second-order valence-corrected chi connectivity index (χ2v) is 6.63. The van der Waals surface area contributed by atoms with E-state index in [9.17, 15) is 9.59 Å². The Morgan fingerprint density at radius 3 is 2.78 bits per heavy atom. The first-order valence-corrected chi connectivity index (χ1v) is 8.46.